The quantitative estimate of drug-likeness (QED) is 0.0850. The summed E-state index contributed by atoms with van der Waals surface area (Å²) in [6, 6.07) is -4.19. The molecule has 33 heavy (non-hydrogen) atoms. The van der Waals surface area contributed by atoms with E-state index < -0.39 is 48.6 Å². The van der Waals surface area contributed by atoms with Crippen LogP contribution < -0.4 is 27.8 Å². The molecule has 13 heteroatoms. The average molecular weight is 472 g/mol. The molecule has 1 fully saturated rings. The molecule has 1 aliphatic heterocycles. The molecular weight excluding hydrogens is 434 g/mol. The molecule has 0 aromatic carbocycles. The smallest absolute Gasteiger partial charge is 0.326 e. The van der Waals surface area contributed by atoms with E-state index in [4.69, 9.17) is 17.2 Å². The number of aliphatic imine (C=N–C) groups is 1. The largest absolute Gasteiger partial charge is 0.480 e. The van der Waals surface area contributed by atoms with Crippen LogP contribution in [0.3, 0.4) is 0 Å². The van der Waals surface area contributed by atoms with Crippen molar-refractivity contribution >= 4 is 29.7 Å². The highest BCUT2D eigenvalue weighted by molar-refractivity contribution is 5.94. The van der Waals surface area contributed by atoms with Crippen LogP contribution in [0.4, 0.5) is 0 Å². The lowest BCUT2D eigenvalue weighted by atomic mass is 9.98. The fourth-order valence-electron chi connectivity index (χ4n) is 3.49. The van der Waals surface area contributed by atoms with E-state index in [0.29, 0.717) is 32.2 Å². The zero-order valence-corrected chi connectivity index (χ0v) is 19.2. The summed E-state index contributed by atoms with van der Waals surface area (Å²) in [7, 11) is 0. The molecule has 0 aromatic rings. The molecule has 0 spiro atoms. The summed E-state index contributed by atoms with van der Waals surface area (Å²) < 4.78 is 0. The van der Waals surface area contributed by atoms with Gasteiger partial charge in [0.25, 0.3) is 0 Å². The van der Waals surface area contributed by atoms with Crippen LogP contribution in [0.25, 0.3) is 0 Å². The van der Waals surface area contributed by atoms with Gasteiger partial charge in [0.15, 0.2) is 5.96 Å². The number of hydrogen-bond donors (Lipinski definition) is 7. The van der Waals surface area contributed by atoms with Gasteiger partial charge >= 0.3 is 5.97 Å². The Bertz CT molecular complexity index is 728. The Morgan fingerprint density at radius 3 is 2.39 bits per heavy atom. The maximum atomic E-state index is 12.8. The van der Waals surface area contributed by atoms with E-state index in [-0.39, 0.29) is 30.8 Å². The molecule has 1 saturated heterocycles. The van der Waals surface area contributed by atoms with Gasteiger partial charge in [-0.2, -0.15) is 0 Å². The predicted molar refractivity (Wildman–Crippen MR) is 121 cm³/mol. The summed E-state index contributed by atoms with van der Waals surface area (Å²) in [5, 5.41) is 23.7. The van der Waals surface area contributed by atoms with Crippen LogP contribution in [-0.2, 0) is 19.2 Å². The number of rotatable bonds is 13. The molecule has 0 bridgehead atoms. The minimum Gasteiger partial charge on any atom is -0.480 e. The van der Waals surface area contributed by atoms with Gasteiger partial charge < -0.3 is 42.9 Å². The first-order chi connectivity index (χ1) is 15.5. The lowest BCUT2D eigenvalue weighted by Gasteiger charge is -2.29. The van der Waals surface area contributed by atoms with Gasteiger partial charge in [0.05, 0.1) is 12.6 Å². The number of nitrogens with one attached hydrogen (secondary N) is 2. The maximum absolute atomic E-state index is 12.8. The van der Waals surface area contributed by atoms with Crippen LogP contribution in [0.15, 0.2) is 4.99 Å². The molecule has 13 nitrogen and oxygen atoms in total. The van der Waals surface area contributed by atoms with Crippen molar-refractivity contribution in [2.75, 3.05) is 19.7 Å². The highest BCUT2D eigenvalue weighted by Crippen LogP contribution is 2.20. The average Bonchev–Trinajstić information content (AvgIpc) is 3.27. The number of guanidine groups is 1. The lowest BCUT2D eigenvalue weighted by molar-refractivity contribution is -0.143. The van der Waals surface area contributed by atoms with Crippen LogP contribution in [0.2, 0.25) is 0 Å². The Balaban J connectivity index is 2.75. The molecule has 3 amide bonds. The second-order valence-corrected chi connectivity index (χ2v) is 8.19. The van der Waals surface area contributed by atoms with E-state index in [2.05, 4.69) is 15.6 Å². The number of amides is 3. The number of aliphatic hydroxyl groups is 1. The van der Waals surface area contributed by atoms with Gasteiger partial charge in [-0.3, -0.25) is 19.4 Å². The van der Waals surface area contributed by atoms with Crippen LogP contribution in [0.1, 0.15) is 46.0 Å². The monoisotopic (exact) mass is 471 g/mol. The van der Waals surface area contributed by atoms with E-state index in [1.165, 1.54) is 4.90 Å². The molecule has 188 valence electrons. The fraction of sp³-hybridized carbons (Fsp3) is 0.750. The van der Waals surface area contributed by atoms with Crippen LogP contribution in [-0.4, -0.2) is 88.6 Å². The third-order valence-corrected chi connectivity index (χ3v) is 5.76. The Labute approximate surface area is 193 Å². The van der Waals surface area contributed by atoms with E-state index >= 15 is 0 Å². The second kappa shape index (κ2) is 13.6. The molecule has 1 heterocycles. The van der Waals surface area contributed by atoms with Crippen molar-refractivity contribution in [2.24, 2.45) is 28.1 Å². The first-order valence-corrected chi connectivity index (χ1v) is 11.1. The normalized spacial score (nSPS) is 19.2. The van der Waals surface area contributed by atoms with Gasteiger partial charge in [-0.05, 0) is 31.6 Å². The number of hydrogen-bond acceptors (Lipinski definition) is 7. The number of aliphatic hydroxyl groups excluding tert-OH is 1. The fourth-order valence-corrected chi connectivity index (χ4v) is 3.49. The molecule has 10 N–H and O–H groups in total. The number of aliphatic carboxylic acids is 1. The van der Waals surface area contributed by atoms with Crippen LogP contribution in [0, 0.1) is 5.92 Å². The summed E-state index contributed by atoms with van der Waals surface area (Å²) in [6.07, 6.45) is 2.04. The molecule has 1 aliphatic rings. The van der Waals surface area contributed by atoms with Gasteiger partial charge in [0.1, 0.15) is 18.1 Å². The number of likely N-dealkylation sites (tertiary alicyclic amines) is 1. The van der Waals surface area contributed by atoms with Crippen molar-refractivity contribution in [2.45, 2.75) is 70.1 Å². The van der Waals surface area contributed by atoms with Crippen molar-refractivity contribution < 1.29 is 29.4 Å². The molecular formula is C20H37N7O6. The third-order valence-electron chi connectivity index (χ3n) is 5.76. The van der Waals surface area contributed by atoms with Crippen molar-refractivity contribution in [1.29, 1.82) is 0 Å². The van der Waals surface area contributed by atoms with Gasteiger partial charge in [-0.25, -0.2) is 4.79 Å². The lowest BCUT2D eigenvalue weighted by Crippen LogP contribution is -2.58. The molecule has 1 rings (SSSR count). The minimum atomic E-state index is -1.38. The molecule has 0 saturated carbocycles. The zero-order chi connectivity index (χ0) is 25.1. The standard InChI is InChI=1S/C20H37N7O6/c1-3-11(2)15(21)18(31)27-9-5-7-14(27)17(30)26-13(10-28)16(29)25-12(19(32)33)6-4-8-24-20(22)23/h11-15,28H,3-10,21H2,1-2H3,(H,25,29)(H,26,30)(H,32,33)(H4,22,23,24). The topological polar surface area (TPSA) is 226 Å². The highest BCUT2D eigenvalue weighted by Gasteiger charge is 2.38. The number of carbonyl (C=O) groups excluding carboxylic acids is 3. The zero-order valence-electron chi connectivity index (χ0n) is 19.2. The number of nitrogens with two attached hydrogens (primary N) is 3. The number of carbonyl (C=O) groups is 4. The first-order valence-electron chi connectivity index (χ1n) is 11.1. The Morgan fingerprint density at radius 2 is 1.85 bits per heavy atom. The van der Waals surface area contributed by atoms with Gasteiger partial charge in [-0.15, -0.1) is 0 Å². The Hall–Kier alpha value is -2.93. The molecule has 5 unspecified atom stereocenters. The Morgan fingerprint density at radius 1 is 1.18 bits per heavy atom. The molecule has 0 aliphatic carbocycles. The minimum absolute atomic E-state index is 0.0440. The number of carboxylic acids is 1. The number of nitrogens with zero attached hydrogens (tertiary/aromatic N) is 2. The second-order valence-electron chi connectivity index (χ2n) is 8.19. The summed E-state index contributed by atoms with van der Waals surface area (Å²) in [4.78, 5) is 54.7. The van der Waals surface area contributed by atoms with Gasteiger partial charge in [0, 0.05) is 13.1 Å². The highest BCUT2D eigenvalue weighted by atomic mass is 16.4. The van der Waals surface area contributed by atoms with Crippen LogP contribution in [0.5, 0.6) is 0 Å². The van der Waals surface area contributed by atoms with E-state index in [0.717, 1.165) is 0 Å². The molecule has 5 atom stereocenters. The SMILES string of the molecule is CCC(C)C(N)C(=O)N1CCCC1C(=O)NC(CO)C(=O)NC(CCCN=C(N)N)C(=O)O. The summed E-state index contributed by atoms with van der Waals surface area (Å²) in [6.45, 7) is 3.59. The maximum Gasteiger partial charge on any atom is 0.326 e. The van der Waals surface area contributed by atoms with Crippen molar-refractivity contribution in [3.63, 3.8) is 0 Å². The van der Waals surface area contributed by atoms with Gasteiger partial charge in [0.2, 0.25) is 17.7 Å². The van der Waals surface area contributed by atoms with Crippen molar-refractivity contribution in [3.05, 3.63) is 0 Å². The third kappa shape index (κ3) is 8.50. The summed E-state index contributed by atoms with van der Waals surface area (Å²) in [5.74, 6) is -3.25. The van der Waals surface area contributed by atoms with Crippen LogP contribution >= 0.6 is 0 Å². The van der Waals surface area contributed by atoms with Crippen molar-refractivity contribution in [3.8, 4) is 0 Å². The van der Waals surface area contributed by atoms with Crippen molar-refractivity contribution in [1.82, 2.24) is 15.5 Å². The van der Waals surface area contributed by atoms with Gasteiger partial charge in [-0.1, -0.05) is 20.3 Å². The summed E-state index contributed by atoms with van der Waals surface area (Å²) in [5.41, 5.74) is 16.5. The molecule has 0 radical (unpaired) electrons. The Kier molecular flexibility index (Phi) is 11.6. The predicted octanol–water partition coefficient (Wildman–Crippen LogP) is -2.55. The van der Waals surface area contributed by atoms with E-state index in [9.17, 15) is 29.4 Å². The van der Waals surface area contributed by atoms with E-state index in [1.54, 1.807) is 0 Å². The molecule has 0 aromatic heterocycles. The number of carboxylic acid groups (broad SMARTS) is 1. The first kappa shape index (κ1) is 28.1. The summed E-state index contributed by atoms with van der Waals surface area (Å²) >= 11 is 0. The van der Waals surface area contributed by atoms with E-state index in [1.807, 2.05) is 13.8 Å².